The molecule has 1 aliphatic carbocycles. The predicted molar refractivity (Wildman–Crippen MR) is 112 cm³/mol. The van der Waals surface area contributed by atoms with Crippen molar-refractivity contribution in [2.24, 2.45) is 0 Å². The van der Waals surface area contributed by atoms with Gasteiger partial charge in [0.2, 0.25) is 5.91 Å². The van der Waals surface area contributed by atoms with Gasteiger partial charge in [0.15, 0.2) is 16.6 Å². The Morgan fingerprint density at radius 3 is 2.44 bits per heavy atom. The van der Waals surface area contributed by atoms with E-state index >= 15 is 0 Å². The van der Waals surface area contributed by atoms with Gasteiger partial charge in [-0.2, -0.15) is 41.6 Å². The highest BCUT2D eigenvalue weighted by Crippen LogP contribution is 2.54. The van der Waals surface area contributed by atoms with Crippen LogP contribution in [0, 0.1) is 0 Å². The van der Waals surface area contributed by atoms with E-state index < -0.39 is 47.4 Å². The second-order valence-electron chi connectivity index (χ2n) is 8.29. The van der Waals surface area contributed by atoms with E-state index in [0.29, 0.717) is 10.9 Å². The number of aromatic nitrogens is 7. The van der Waals surface area contributed by atoms with Crippen molar-refractivity contribution in [2.45, 2.75) is 37.0 Å². The molecular formula is C20H13ClF6N8O. The lowest BCUT2D eigenvalue weighted by Gasteiger charge is -2.28. The Morgan fingerprint density at radius 1 is 1.11 bits per heavy atom. The van der Waals surface area contributed by atoms with Crippen LogP contribution in [0.2, 0.25) is 5.15 Å². The number of nitrogens with zero attached hydrogens (tertiary/aromatic N) is 7. The smallest absolute Gasteiger partial charge is 0.324 e. The summed E-state index contributed by atoms with van der Waals surface area (Å²) in [7, 11) is 0. The number of fused-ring (bicyclic) bond motifs is 3. The highest BCUT2D eigenvalue weighted by molar-refractivity contribution is 6.29. The molecule has 36 heavy (non-hydrogen) atoms. The van der Waals surface area contributed by atoms with Gasteiger partial charge in [-0.15, -0.1) is 4.80 Å². The first-order chi connectivity index (χ1) is 16.8. The molecule has 2 atom stereocenters. The molecule has 16 heteroatoms. The average molecular weight is 531 g/mol. The summed E-state index contributed by atoms with van der Waals surface area (Å²) in [5.41, 5.74) is -4.47. The Balaban J connectivity index is 1.54. The summed E-state index contributed by atoms with van der Waals surface area (Å²) in [6.07, 6.45) is -6.03. The Morgan fingerprint density at radius 2 is 1.81 bits per heavy atom. The lowest BCUT2D eigenvalue weighted by Crippen LogP contribution is -2.39. The molecule has 0 bridgehead atoms. The van der Waals surface area contributed by atoms with Crippen molar-refractivity contribution in [1.82, 2.24) is 34.6 Å². The molecule has 5 rings (SSSR count). The first-order valence-corrected chi connectivity index (χ1v) is 10.5. The van der Waals surface area contributed by atoms with E-state index in [1.807, 2.05) is 0 Å². The molecule has 4 aromatic rings. The van der Waals surface area contributed by atoms with Crippen LogP contribution in [0.4, 0.5) is 32.0 Å². The van der Waals surface area contributed by atoms with Crippen molar-refractivity contribution in [2.75, 3.05) is 5.32 Å². The van der Waals surface area contributed by atoms with E-state index in [1.165, 1.54) is 6.07 Å². The molecule has 2 unspecified atom stereocenters. The molecule has 0 saturated heterocycles. The lowest BCUT2D eigenvalue weighted by atomic mass is 9.85. The number of nitrogens with one attached hydrogen (secondary N) is 1. The molecule has 9 nitrogen and oxygen atoms in total. The number of hydrogen-bond acceptors (Lipinski definition) is 6. The summed E-state index contributed by atoms with van der Waals surface area (Å²) in [5, 5.41) is 13.3. The number of alkyl halides is 6. The molecule has 0 aliphatic heterocycles. The molecule has 0 saturated carbocycles. The zero-order valence-electron chi connectivity index (χ0n) is 17.9. The largest absolute Gasteiger partial charge is 0.420 e. The highest BCUT2D eigenvalue weighted by atomic mass is 35.5. The van der Waals surface area contributed by atoms with Crippen LogP contribution >= 0.6 is 11.6 Å². The maximum atomic E-state index is 14.2. The van der Waals surface area contributed by atoms with Crippen LogP contribution in [-0.2, 0) is 16.4 Å². The van der Waals surface area contributed by atoms with Crippen LogP contribution in [-0.4, -0.2) is 46.7 Å². The first-order valence-electron chi connectivity index (χ1n) is 10.2. The van der Waals surface area contributed by atoms with Crippen molar-refractivity contribution in [1.29, 1.82) is 0 Å². The topological polar surface area (TPSA) is 103 Å². The standard InChI is InChI=1S/C20H13ClF6N8O/c1-18(20(25,26)27)6-10(11-8-28-14-5-13(21)33-34(14)15(11)18)17(36)32-9-4-12(19(22,23)24)16(29-7-9)35-30-2-3-31-35/h2-5,7-8,10H,6H2,1H3,(H,32,36). The van der Waals surface area contributed by atoms with Crippen molar-refractivity contribution in [3.05, 3.63) is 58.9 Å². The number of carbonyl (C=O) groups is 1. The summed E-state index contributed by atoms with van der Waals surface area (Å²) in [6, 6.07) is 1.88. The Kier molecular flexibility index (Phi) is 5.24. The number of halogens is 7. The molecule has 0 radical (unpaired) electrons. The second kappa shape index (κ2) is 7.88. The van der Waals surface area contributed by atoms with Gasteiger partial charge in [-0.3, -0.25) is 4.79 Å². The van der Waals surface area contributed by atoms with E-state index in [2.05, 4.69) is 30.6 Å². The Bertz CT molecular complexity index is 1480. The quantitative estimate of drug-likeness (QED) is 0.396. The van der Waals surface area contributed by atoms with E-state index in [4.69, 9.17) is 11.6 Å². The number of anilines is 1. The molecule has 1 aliphatic rings. The number of rotatable bonds is 3. The normalized spacial score (nSPS) is 20.1. The predicted octanol–water partition coefficient (Wildman–Crippen LogP) is 4.32. The molecule has 188 valence electrons. The summed E-state index contributed by atoms with van der Waals surface area (Å²) in [6.45, 7) is 0.920. The minimum atomic E-state index is -4.89. The SMILES string of the molecule is CC1(C(F)(F)F)CC(C(=O)Nc2cnc(-n3nccn3)c(C(F)(F)F)c2)c2cnc3cc(Cl)nn3c21. The van der Waals surface area contributed by atoms with Gasteiger partial charge in [0.1, 0.15) is 11.0 Å². The molecule has 0 aromatic carbocycles. The zero-order chi connectivity index (χ0) is 26.0. The molecular weight excluding hydrogens is 518 g/mol. The highest BCUT2D eigenvalue weighted by Gasteiger charge is 2.60. The molecule has 4 aromatic heterocycles. The van der Waals surface area contributed by atoms with Gasteiger partial charge in [-0.1, -0.05) is 11.6 Å². The van der Waals surface area contributed by atoms with Gasteiger partial charge in [-0.25, -0.2) is 14.5 Å². The maximum Gasteiger partial charge on any atom is 0.420 e. The van der Waals surface area contributed by atoms with E-state index in [0.717, 1.165) is 36.2 Å². The van der Waals surface area contributed by atoms with Crippen LogP contribution in [0.5, 0.6) is 0 Å². The van der Waals surface area contributed by atoms with Gasteiger partial charge in [0.05, 0.1) is 35.9 Å². The third-order valence-electron chi connectivity index (χ3n) is 5.98. The molecule has 1 N–H and O–H groups in total. The van der Waals surface area contributed by atoms with Gasteiger partial charge < -0.3 is 5.32 Å². The van der Waals surface area contributed by atoms with Gasteiger partial charge in [-0.05, 0) is 19.4 Å². The van der Waals surface area contributed by atoms with Gasteiger partial charge in [0.25, 0.3) is 0 Å². The van der Waals surface area contributed by atoms with Crippen LogP contribution in [0.25, 0.3) is 11.5 Å². The number of hydrogen-bond donors (Lipinski definition) is 1. The summed E-state index contributed by atoms with van der Waals surface area (Å²) in [5.74, 6) is -3.00. The molecule has 0 spiro atoms. The van der Waals surface area contributed by atoms with Gasteiger partial charge >= 0.3 is 12.4 Å². The summed E-state index contributed by atoms with van der Waals surface area (Å²) < 4.78 is 84.6. The molecule has 0 fully saturated rings. The van der Waals surface area contributed by atoms with Crippen molar-refractivity contribution >= 4 is 28.8 Å². The third-order valence-corrected chi connectivity index (χ3v) is 6.17. The lowest BCUT2D eigenvalue weighted by molar-refractivity contribution is -0.187. The third kappa shape index (κ3) is 3.73. The first kappa shape index (κ1) is 24.0. The fourth-order valence-electron chi connectivity index (χ4n) is 4.27. The monoisotopic (exact) mass is 530 g/mol. The fourth-order valence-corrected chi connectivity index (χ4v) is 4.45. The average Bonchev–Trinajstić information content (AvgIpc) is 3.50. The maximum absolute atomic E-state index is 14.2. The molecule has 4 heterocycles. The Labute approximate surface area is 202 Å². The minimum Gasteiger partial charge on any atom is -0.324 e. The second-order valence-corrected chi connectivity index (χ2v) is 8.67. The summed E-state index contributed by atoms with van der Waals surface area (Å²) >= 11 is 5.86. The number of pyridine rings is 1. The minimum absolute atomic E-state index is 0.0529. The Hall–Kier alpha value is -3.75. The zero-order valence-corrected chi connectivity index (χ0v) is 18.7. The number of carbonyl (C=O) groups excluding carboxylic acids is 1. The van der Waals surface area contributed by atoms with Crippen LogP contribution in [0.3, 0.4) is 0 Å². The van der Waals surface area contributed by atoms with Crippen molar-refractivity contribution in [3.8, 4) is 5.82 Å². The van der Waals surface area contributed by atoms with E-state index in [1.54, 1.807) is 0 Å². The number of amides is 1. The van der Waals surface area contributed by atoms with Crippen LogP contribution in [0.15, 0.2) is 36.9 Å². The van der Waals surface area contributed by atoms with Gasteiger partial charge in [0, 0.05) is 17.8 Å². The van der Waals surface area contributed by atoms with E-state index in [9.17, 15) is 31.1 Å². The van der Waals surface area contributed by atoms with Crippen LogP contribution < -0.4 is 5.32 Å². The molecule has 1 amide bonds. The van der Waals surface area contributed by atoms with Crippen LogP contribution in [0.1, 0.15) is 36.1 Å². The fraction of sp³-hybridized carbons (Fsp3) is 0.300. The van der Waals surface area contributed by atoms with Crippen molar-refractivity contribution < 1.29 is 31.1 Å². The van der Waals surface area contributed by atoms with Crippen molar-refractivity contribution in [3.63, 3.8) is 0 Å². The van der Waals surface area contributed by atoms with E-state index in [-0.39, 0.29) is 27.7 Å². The summed E-state index contributed by atoms with van der Waals surface area (Å²) in [4.78, 5) is 21.5.